The third-order valence-electron chi connectivity index (χ3n) is 6.61. The summed E-state index contributed by atoms with van der Waals surface area (Å²) in [5, 5.41) is 17.7. The second-order valence-corrected chi connectivity index (χ2v) is 9.92. The number of tetrazole rings is 1. The molecule has 0 fully saturated rings. The van der Waals surface area contributed by atoms with E-state index in [-0.39, 0.29) is 11.9 Å². The second-order valence-electron chi connectivity index (χ2n) is 9.92. The van der Waals surface area contributed by atoms with E-state index in [9.17, 15) is 4.79 Å². The number of nitrogens with one attached hydrogen (secondary N) is 2. The van der Waals surface area contributed by atoms with Crippen molar-refractivity contribution in [2.45, 2.75) is 44.8 Å². The first-order valence-corrected chi connectivity index (χ1v) is 12.2. The van der Waals surface area contributed by atoms with Crippen molar-refractivity contribution in [2.24, 2.45) is 5.73 Å². The van der Waals surface area contributed by atoms with E-state index in [2.05, 4.69) is 85.4 Å². The first kappa shape index (κ1) is 23.7. The lowest BCUT2D eigenvalue weighted by Crippen LogP contribution is -2.54. The van der Waals surface area contributed by atoms with Gasteiger partial charge >= 0.3 is 0 Å². The second kappa shape index (κ2) is 9.91. The Hall–Kier alpha value is -4.04. The van der Waals surface area contributed by atoms with E-state index < -0.39 is 5.54 Å². The predicted octanol–water partition coefficient (Wildman–Crippen LogP) is 3.71. The highest BCUT2D eigenvalue weighted by atomic mass is 16.2. The predicted molar refractivity (Wildman–Crippen MR) is 141 cm³/mol. The number of aryl methyl sites for hydroxylation is 1. The third kappa shape index (κ3) is 5.13. The highest BCUT2D eigenvalue weighted by Gasteiger charge is 2.28. The maximum Gasteiger partial charge on any atom is 0.239 e. The standard InChI is InChI=1S/C28H31N7O/c1-28(2,29)27(36)30-22-16-15-21-7-3-6-10-25(21)35(18-22)17-19-11-13-20(14-12-19)23-8-4-5-9-24(23)26-31-33-34-32-26/h3-14,22H,15-18,29H2,1-2H3,(H,30,36)(H,31,32,33,34). The molecule has 4 N–H and O–H groups in total. The molecular weight excluding hydrogens is 450 g/mol. The van der Waals surface area contributed by atoms with E-state index >= 15 is 0 Å². The van der Waals surface area contributed by atoms with Crippen LogP contribution in [0.2, 0.25) is 0 Å². The van der Waals surface area contributed by atoms with Crippen LogP contribution in [0.3, 0.4) is 0 Å². The van der Waals surface area contributed by atoms with Gasteiger partial charge in [0, 0.05) is 30.4 Å². The van der Waals surface area contributed by atoms with Crippen LogP contribution in [0.1, 0.15) is 31.4 Å². The van der Waals surface area contributed by atoms with Gasteiger partial charge in [-0.3, -0.25) is 4.79 Å². The topological polar surface area (TPSA) is 113 Å². The van der Waals surface area contributed by atoms with E-state index in [1.165, 1.54) is 16.8 Å². The van der Waals surface area contributed by atoms with Crippen LogP contribution >= 0.6 is 0 Å². The average molecular weight is 482 g/mol. The Labute approximate surface area is 210 Å². The normalized spacial score (nSPS) is 15.8. The van der Waals surface area contributed by atoms with Gasteiger partial charge in [-0.15, -0.1) is 10.2 Å². The number of rotatable bonds is 6. The zero-order valence-corrected chi connectivity index (χ0v) is 20.6. The maximum atomic E-state index is 12.6. The van der Waals surface area contributed by atoms with Crippen molar-refractivity contribution < 1.29 is 4.79 Å². The highest BCUT2D eigenvalue weighted by molar-refractivity contribution is 5.85. The Morgan fingerprint density at radius 1 is 1.06 bits per heavy atom. The molecule has 1 aliphatic rings. The first-order chi connectivity index (χ1) is 17.4. The molecule has 2 heterocycles. The summed E-state index contributed by atoms with van der Waals surface area (Å²) >= 11 is 0. The number of fused-ring (bicyclic) bond motifs is 1. The van der Waals surface area contributed by atoms with Gasteiger partial charge in [0.15, 0.2) is 0 Å². The first-order valence-electron chi connectivity index (χ1n) is 12.2. The Bertz CT molecular complexity index is 1330. The van der Waals surface area contributed by atoms with Gasteiger partial charge in [0.25, 0.3) is 0 Å². The number of aromatic nitrogens is 4. The molecule has 1 aromatic heterocycles. The Kier molecular flexibility index (Phi) is 6.52. The fourth-order valence-corrected chi connectivity index (χ4v) is 4.67. The van der Waals surface area contributed by atoms with Crippen LogP contribution in [0.5, 0.6) is 0 Å². The average Bonchev–Trinajstić information content (AvgIpc) is 3.36. The molecule has 1 unspecified atom stereocenters. The van der Waals surface area contributed by atoms with E-state index in [1.54, 1.807) is 13.8 Å². The van der Waals surface area contributed by atoms with Crippen LogP contribution in [0.25, 0.3) is 22.5 Å². The minimum atomic E-state index is -0.905. The fraction of sp³-hybridized carbons (Fsp3) is 0.286. The number of anilines is 1. The third-order valence-corrected chi connectivity index (χ3v) is 6.61. The van der Waals surface area contributed by atoms with Crippen LogP contribution in [-0.2, 0) is 17.8 Å². The smallest absolute Gasteiger partial charge is 0.239 e. The molecule has 0 radical (unpaired) electrons. The number of aromatic amines is 1. The maximum absolute atomic E-state index is 12.6. The Morgan fingerprint density at radius 3 is 2.50 bits per heavy atom. The lowest BCUT2D eigenvalue weighted by molar-refractivity contribution is -0.125. The number of carbonyl (C=O) groups is 1. The number of carbonyl (C=O) groups excluding carboxylic acids is 1. The summed E-state index contributed by atoms with van der Waals surface area (Å²) in [6, 6.07) is 25.2. The van der Waals surface area contributed by atoms with Crippen molar-refractivity contribution in [1.29, 1.82) is 0 Å². The molecule has 1 amide bonds. The summed E-state index contributed by atoms with van der Waals surface area (Å²) in [4.78, 5) is 15.0. The van der Waals surface area contributed by atoms with Crippen LogP contribution in [-0.4, -0.2) is 44.7 Å². The van der Waals surface area contributed by atoms with Crippen molar-refractivity contribution >= 4 is 11.6 Å². The fourth-order valence-electron chi connectivity index (χ4n) is 4.67. The molecular formula is C28H31N7O. The molecule has 3 aromatic carbocycles. The zero-order valence-electron chi connectivity index (χ0n) is 20.6. The molecule has 0 bridgehead atoms. The van der Waals surface area contributed by atoms with Crippen molar-refractivity contribution in [2.75, 3.05) is 11.4 Å². The minimum absolute atomic E-state index is 0.0221. The Morgan fingerprint density at radius 2 is 1.78 bits per heavy atom. The molecule has 4 aromatic rings. The molecule has 0 saturated heterocycles. The van der Waals surface area contributed by atoms with Crippen LogP contribution in [0, 0.1) is 0 Å². The number of amides is 1. The highest BCUT2D eigenvalue weighted by Crippen LogP contribution is 2.31. The summed E-state index contributed by atoms with van der Waals surface area (Å²) in [7, 11) is 0. The molecule has 0 aliphatic carbocycles. The number of nitrogens with two attached hydrogens (primary N) is 1. The molecule has 1 atom stereocenters. The number of H-pyrrole nitrogens is 1. The monoisotopic (exact) mass is 481 g/mol. The van der Waals surface area contributed by atoms with Crippen molar-refractivity contribution in [3.63, 3.8) is 0 Å². The van der Waals surface area contributed by atoms with Crippen molar-refractivity contribution in [1.82, 2.24) is 25.9 Å². The van der Waals surface area contributed by atoms with Gasteiger partial charge in [-0.25, -0.2) is 0 Å². The van der Waals surface area contributed by atoms with Crippen molar-refractivity contribution in [3.8, 4) is 22.5 Å². The lowest BCUT2D eigenvalue weighted by atomic mass is 9.98. The summed E-state index contributed by atoms with van der Waals surface area (Å²) in [6.45, 7) is 4.94. The largest absolute Gasteiger partial charge is 0.365 e. The number of hydrogen-bond donors (Lipinski definition) is 3. The summed E-state index contributed by atoms with van der Waals surface area (Å²) in [5.41, 5.74) is 11.9. The molecule has 0 spiro atoms. The number of hydrogen-bond acceptors (Lipinski definition) is 6. The molecule has 5 rings (SSSR count). The van der Waals surface area contributed by atoms with Gasteiger partial charge in [-0.05, 0) is 60.2 Å². The molecule has 184 valence electrons. The number of benzene rings is 3. The minimum Gasteiger partial charge on any atom is -0.365 e. The van der Waals surface area contributed by atoms with E-state index in [4.69, 9.17) is 5.73 Å². The van der Waals surface area contributed by atoms with Gasteiger partial charge in [-0.2, -0.15) is 5.21 Å². The van der Waals surface area contributed by atoms with E-state index in [0.29, 0.717) is 5.82 Å². The quantitative estimate of drug-likeness (QED) is 0.387. The number of nitrogens with zero attached hydrogens (tertiary/aromatic N) is 4. The van der Waals surface area contributed by atoms with Gasteiger partial charge in [0.05, 0.1) is 5.54 Å². The van der Waals surface area contributed by atoms with Gasteiger partial charge < -0.3 is 16.0 Å². The van der Waals surface area contributed by atoms with E-state index in [1.807, 2.05) is 18.2 Å². The lowest BCUT2D eigenvalue weighted by Gasteiger charge is -2.30. The van der Waals surface area contributed by atoms with Crippen molar-refractivity contribution in [3.05, 3.63) is 83.9 Å². The van der Waals surface area contributed by atoms with Gasteiger partial charge in [-0.1, -0.05) is 66.7 Å². The molecule has 1 aliphatic heterocycles. The molecule has 0 saturated carbocycles. The summed E-state index contributed by atoms with van der Waals surface area (Å²) in [5.74, 6) is 0.452. The van der Waals surface area contributed by atoms with Crippen LogP contribution in [0.4, 0.5) is 5.69 Å². The van der Waals surface area contributed by atoms with Gasteiger partial charge in [0.1, 0.15) is 0 Å². The number of para-hydroxylation sites is 1. The van der Waals surface area contributed by atoms with Crippen LogP contribution in [0.15, 0.2) is 72.8 Å². The molecule has 8 nitrogen and oxygen atoms in total. The SMILES string of the molecule is CC(C)(N)C(=O)NC1CCc2ccccc2N(Cc2ccc(-c3ccccc3-c3nn[nH]n3)cc2)C1. The summed E-state index contributed by atoms with van der Waals surface area (Å²) < 4.78 is 0. The summed E-state index contributed by atoms with van der Waals surface area (Å²) in [6.07, 6.45) is 1.79. The van der Waals surface area contributed by atoms with Gasteiger partial charge in [0.2, 0.25) is 11.7 Å². The zero-order chi connectivity index (χ0) is 25.1. The Balaban J connectivity index is 1.38. The van der Waals surface area contributed by atoms with E-state index in [0.717, 1.165) is 42.6 Å². The van der Waals surface area contributed by atoms with Crippen LogP contribution < -0.4 is 16.0 Å². The molecule has 8 heteroatoms. The molecule has 36 heavy (non-hydrogen) atoms.